The van der Waals surface area contributed by atoms with Crippen molar-refractivity contribution in [3.63, 3.8) is 0 Å². The molecule has 126 valence electrons. The zero-order valence-corrected chi connectivity index (χ0v) is 13.9. The van der Waals surface area contributed by atoms with Gasteiger partial charge >= 0.3 is 5.97 Å². The number of ketones is 1. The van der Waals surface area contributed by atoms with Crippen LogP contribution in [0.4, 0.5) is 5.69 Å². The monoisotopic (exact) mass is 349 g/mol. The minimum atomic E-state index is -0.589. The lowest BCUT2D eigenvalue weighted by Crippen LogP contribution is -2.15. The Labute approximate surface area is 141 Å². The molecule has 1 aromatic heterocycles. The number of hydrogen-bond donors (Lipinski definition) is 1. The molecule has 0 aliphatic rings. The number of amides is 1. The molecule has 1 N–H and O–H groups in total. The third-order valence-corrected chi connectivity index (χ3v) is 3.74. The van der Waals surface area contributed by atoms with Crippen LogP contribution in [0.15, 0.2) is 29.4 Å². The van der Waals surface area contributed by atoms with Crippen molar-refractivity contribution in [2.45, 2.75) is 12.1 Å². The first-order chi connectivity index (χ1) is 11.5. The fraction of sp³-hybridized carbons (Fsp3) is 0.286. The van der Waals surface area contributed by atoms with Gasteiger partial charge in [-0.25, -0.2) is 9.48 Å². The number of carbonyl (C=O) groups excluding carboxylic acids is 3. The van der Waals surface area contributed by atoms with Gasteiger partial charge in [-0.3, -0.25) is 9.59 Å². The molecular formula is C14H15N5O4S. The van der Waals surface area contributed by atoms with Crippen LogP contribution in [0, 0.1) is 0 Å². The zero-order valence-electron chi connectivity index (χ0n) is 13.1. The van der Waals surface area contributed by atoms with E-state index in [-0.39, 0.29) is 24.1 Å². The van der Waals surface area contributed by atoms with Crippen molar-refractivity contribution in [1.82, 2.24) is 20.2 Å². The lowest BCUT2D eigenvalue weighted by Gasteiger charge is -2.06. The second-order valence-electron chi connectivity index (χ2n) is 4.78. The number of anilines is 1. The molecule has 0 saturated carbocycles. The maximum Gasteiger partial charge on any atom is 0.338 e. The Morgan fingerprint density at radius 1 is 1.25 bits per heavy atom. The number of benzene rings is 1. The van der Waals surface area contributed by atoms with Crippen molar-refractivity contribution in [3.05, 3.63) is 29.8 Å². The lowest BCUT2D eigenvalue weighted by molar-refractivity contribution is -0.120. The Morgan fingerprint density at radius 3 is 2.54 bits per heavy atom. The molecule has 2 rings (SSSR count). The molecule has 0 fully saturated rings. The molecule has 0 aliphatic carbocycles. The van der Waals surface area contributed by atoms with E-state index in [0.717, 1.165) is 0 Å². The van der Waals surface area contributed by atoms with Gasteiger partial charge in [0.1, 0.15) is 6.61 Å². The second kappa shape index (κ2) is 8.20. The standard InChI is InChI=1S/C14H15N5O4S/c1-9(20)7-23-13(22)10-3-5-11(6-4-10)15-12(21)8-24-14-16-17-18-19(14)2/h3-6H,7-8H2,1-2H3,(H,15,21). The summed E-state index contributed by atoms with van der Waals surface area (Å²) in [6.07, 6.45) is 0. The molecule has 24 heavy (non-hydrogen) atoms. The summed E-state index contributed by atoms with van der Waals surface area (Å²) in [5.74, 6) is -0.900. The van der Waals surface area contributed by atoms with E-state index in [4.69, 9.17) is 4.74 Å². The Morgan fingerprint density at radius 2 is 1.96 bits per heavy atom. The molecule has 0 spiro atoms. The molecule has 0 bridgehead atoms. The minimum absolute atomic E-state index is 0.149. The predicted octanol–water partition coefficient (Wildman–Crippen LogP) is 0.687. The maximum atomic E-state index is 11.9. The normalized spacial score (nSPS) is 10.2. The van der Waals surface area contributed by atoms with Gasteiger partial charge in [-0.05, 0) is 41.6 Å². The highest BCUT2D eigenvalue weighted by atomic mass is 32.2. The van der Waals surface area contributed by atoms with Crippen molar-refractivity contribution in [2.75, 3.05) is 17.7 Å². The van der Waals surface area contributed by atoms with Crippen LogP contribution in [0.5, 0.6) is 0 Å². The number of esters is 1. The highest BCUT2D eigenvalue weighted by Gasteiger charge is 2.10. The number of aromatic nitrogens is 4. The van der Waals surface area contributed by atoms with Crippen molar-refractivity contribution in [3.8, 4) is 0 Å². The highest BCUT2D eigenvalue weighted by Crippen LogP contribution is 2.14. The fourth-order valence-electron chi connectivity index (χ4n) is 1.61. The van der Waals surface area contributed by atoms with E-state index < -0.39 is 5.97 Å². The van der Waals surface area contributed by atoms with E-state index in [1.807, 2.05) is 0 Å². The summed E-state index contributed by atoms with van der Waals surface area (Å²) in [5.41, 5.74) is 0.841. The lowest BCUT2D eigenvalue weighted by atomic mass is 10.2. The molecule has 0 radical (unpaired) electrons. The van der Waals surface area contributed by atoms with Gasteiger partial charge in [-0.15, -0.1) is 5.10 Å². The molecule has 9 nitrogen and oxygen atoms in total. The van der Waals surface area contributed by atoms with Gasteiger partial charge in [0.05, 0.1) is 11.3 Å². The number of thioether (sulfide) groups is 1. The first kappa shape index (κ1) is 17.6. The first-order valence-corrected chi connectivity index (χ1v) is 7.86. The predicted molar refractivity (Wildman–Crippen MR) is 85.6 cm³/mol. The minimum Gasteiger partial charge on any atom is -0.454 e. The smallest absolute Gasteiger partial charge is 0.338 e. The average Bonchev–Trinajstić information content (AvgIpc) is 2.96. The van der Waals surface area contributed by atoms with Gasteiger partial charge in [-0.2, -0.15) is 0 Å². The maximum absolute atomic E-state index is 11.9. The largest absolute Gasteiger partial charge is 0.454 e. The molecule has 0 saturated heterocycles. The molecule has 0 unspecified atom stereocenters. The van der Waals surface area contributed by atoms with Crippen molar-refractivity contribution in [2.24, 2.45) is 7.05 Å². The topological polar surface area (TPSA) is 116 Å². The number of nitrogens with one attached hydrogen (secondary N) is 1. The van der Waals surface area contributed by atoms with Crippen molar-refractivity contribution in [1.29, 1.82) is 0 Å². The summed E-state index contributed by atoms with van der Waals surface area (Å²) in [6, 6.07) is 6.18. The van der Waals surface area contributed by atoms with Crippen LogP contribution in [0.2, 0.25) is 0 Å². The van der Waals surface area contributed by atoms with E-state index >= 15 is 0 Å². The molecule has 2 aromatic rings. The Balaban J connectivity index is 1.84. The number of carbonyl (C=O) groups is 3. The van der Waals surface area contributed by atoms with Crippen LogP contribution in [-0.4, -0.2) is 50.2 Å². The highest BCUT2D eigenvalue weighted by molar-refractivity contribution is 7.99. The molecule has 1 amide bonds. The summed E-state index contributed by atoms with van der Waals surface area (Å²) in [5, 5.41) is 14.1. The van der Waals surface area contributed by atoms with Crippen LogP contribution in [0.3, 0.4) is 0 Å². The number of rotatable bonds is 7. The van der Waals surface area contributed by atoms with E-state index in [1.54, 1.807) is 19.2 Å². The SMILES string of the molecule is CC(=O)COC(=O)c1ccc(NC(=O)CSc2nnnn2C)cc1. The number of Topliss-reactive ketones (excluding diaryl/α,β-unsaturated/α-hetero) is 1. The Kier molecular flexibility index (Phi) is 6.01. The number of nitrogens with zero attached hydrogens (tertiary/aromatic N) is 4. The summed E-state index contributed by atoms with van der Waals surface area (Å²) in [4.78, 5) is 34.3. The quantitative estimate of drug-likeness (QED) is 0.573. The number of aryl methyl sites for hydroxylation is 1. The molecule has 0 aliphatic heterocycles. The van der Waals surface area contributed by atoms with E-state index in [0.29, 0.717) is 16.4 Å². The van der Waals surface area contributed by atoms with Crippen molar-refractivity contribution >= 4 is 35.1 Å². The van der Waals surface area contributed by atoms with Gasteiger partial charge < -0.3 is 10.1 Å². The second-order valence-corrected chi connectivity index (χ2v) is 5.72. The third kappa shape index (κ3) is 5.16. The van der Waals surface area contributed by atoms with Crippen LogP contribution < -0.4 is 5.32 Å². The summed E-state index contributed by atoms with van der Waals surface area (Å²) in [6.45, 7) is 1.08. The Hall–Kier alpha value is -2.75. The van der Waals surface area contributed by atoms with Gasteiger partial charge in [0.25, 0.3) is 0 Å². The molecule has 10 heteroatoms. The van der Waals surface area contributed by atoms with Gasteiger partial charge in [-0.1, -0.05) is 11.8 Å². The third-order valence-electron chi connectivity index (χ3n) is 2.72. The van der Waals surface area contributed by atoms with E-state index in [9.17, 15) is 14.4 Å². The molecule has 1 heterocycles. The number of tetrazole rings is 1. The van der Waals surface area contributed by atoms with Crippen LogP contribution in [-0.2, 0) is 21.4 Å². The molecule has 1 aromatic carbocycles. The van der Waals surface area contributed by atoms with Gasteiger partial charge in [0, 0.05) is 12.7 Å². The van der Waals surface area contributed by atoms with Crippen LogP contribution in [0.25, 0.3) is 0 Å². The van der Waals surface area contributed by atoms with Crippen LogP contribution in [0.1, 0.15) is 17.3 Å². The number of hydrogen-bond acceptors (Lipinski definition) is 8. The number of ether oxygens (including phenoxy) is 1. The summed E-state index contributed by atoms with van der Waals surface area (Å²) >= 11 is 1.21. The first-order valence-electron chi connectivity index (χ1n) is 6.87. The summed E-state index contributed by atoms with van der Waals surface area (Å²) in [7, 11) is 1.68. The molecule has 0 atom stereocenters. The van der Waals surface area contributed by atoms with E-state index in [1.165, 1.54) is 35.5 Å². The molecular weight excluding hydrogens is 334 g/mol. The average molecular weight is 349 g/mol. The Bertz CT molecular complexity index is 744. The van der Waals surface area contributed by atoms with Gasteiger partial charge in [0.2, 0.25) is 11.1 Å². The van der Waals surface area contributed by atoms with E-state index in [2.05, 4.69) is 20.8 Å². The van der Waals surface area contributed by atoms with Crippen molar-refractivity contribution < 1.29 is 19.1 Å². The van der Waals surface area contributed by atoms with Gasteiger partial charge in [0.15, 0.2) is 5.78 Å². The fourth-order valence-corrected chi connectivity index (χ4v) is 2.26. The summed E-state index contributed by atoms with van der Waals surface area (Å²) < 4.78 is 6.27. The van der Waals surface area contributed by atoms with Crippen LogP contribution >= 0.6 is 11.8 Å². The zero-order chi connectivity index (χ0) is 17.5.